The summed E-state index contributed by atoms with van der Waals surface area (Å²) in [6, 6.07) is 5.00. The summed E-state index contributed by atoms with van der Waals surface area (Å²) < 4.78 is 19.5. The molecule has 3 heteroatoms. The summed E-state index contributed by atoms with van der Waals surface area (Å²) in [5, 5.41) is 3.55. The Morgan fingerprint density at radius 3 is 2.84 bits per heavy atom. The van der Waals surface area contributed by atoms with Crippen LogP contribution in [0.4, 0.5) is 4.39 Å². The number of fused-ring (bicyclic) bond motifs is 1. The van der Waals surface area contributed by atoms with Crippen LogP contribution in [-0.2, 0) is 0 Å². The van der Waals surface area contributed by atoms with E-state index in [-0.39, 0.29) is 17.5 Å². The first-order valence-electron chi connectivity index (χ1n) is 7.15. The highest BCUT2D eigenvalue weighted by atomic mass is 19.1. The second kappa shape index (κ2) is 5.49. The number of ether oxygens (including phenoxy) is 1. The van der Waals surface area contributed by atoms with Crippen molar-refractivity contribution in [2.75, 3.05) is 6.54 Å². The lowest BCUT2D eigenvalue weighted by molar-refractivity contribution is 0.0435. The minimum Gasteiger partial charge on any atom is -0.487 e. The highest BCUT2D eigenvalue weighted by Crippen LogP contribution is 2.41. The predicted octanol–water partition coefficient (Wildman–Crippen LogP) is 4.06. The monoisotopic (exact) mass is 265 g/mol. The Bertz CT molecular complexity index is 446. The smallest absolute Gasteiger partial charge is 0.125 e. The number of hydrogen-bond donors (Lipinski definition) is 1. The molecule has 1 aromatic carbocycles. The van der Waals surface area contributed by atoms with Crippen LogP contribution in [0, 0.1) is 11.7 Å². The molecule has 0 amide bonds. The summed E-state index contributed by atoms with van der Waals surface area (Å²) in [6.07, 6.45) is 1.83. The van der Waals surface area contributed by atoms with Crippen LogP contribution in [0.3, 0.4) is 0 Å². The van der Waals surface area contributed by atoms with Crippen molar-refractivity contribution in [3.8, 4) is 5.75 Å². The lowest BCUT2D eigenvalue weighted by atomic mass is 9.86. The van der Waals surface area contributed by atoms with E-state index in [1.165, 1.54) is 6.07 Å². The number of benzene rings is 1. The van der Waals surface area contributed by atoms with E-state index in [1.807, 2.05) is 0 Å². The number of hydrogen-bond acceptors (Lipinski definition) is 2. The Kier molecular flexibility index (Phi) is 4.14. The van der Waals surface area contributed by atoms with Crippen LogP contribution in [0.25, 0.3) is 0 Å². The molecule has 1 heterocycles. The van der Waals surface area contributed by atoms with Gasteiger partial charge in [0.25, 0.3) is 0 Å². The predicted molar refractivity (Wildman–Crippen MR) is 75.9 cm³/mol. The quantitative estimate of drug-likeness (QED) is 0.886. The SMILES string of the molecule is CCC1(C)CC(NCC(C)C)c2cc(F)ccc2O1. The maximum atomic E-state index is 13.5. The molecule has 0 fully saturated rings. The van der Waals surface area contributed by atoms with Crippen LogP contribution in [0.2, 0.25) is 0 Å². The normalized spacial score (nSPS) is 26.1. The van der Waals surface area contributed by atoms with Gasteiger partial charge in [-0.3, -0.25) is 0 Å². The summed E-state index contributed by atoms with van der Waals surface area (Å²) >= 11 is 0. The van der Waals surface area contributed by atoms with E-state index in [0.717, 1.165) is 30.7 Å². The molecule has 0 spiro atoms. The van der Waals surface area contributed by atoms with E-state index in [4.69, 9.17) is 4.74 Å². The highest BCUT2D eigenvalue weighted by Gasteiger charge is 2.36. The van der Waals surface area contributed by atoms with Crippen molar-refractivity contribution in [1.82, 2.24) is 5.32 Å². The zero-order valence-corrected chi connectivity index (χ0v) is 12.3. The molecule has 0 aromatic heterocycles. The van der Waals surface area contributed by atoms with Gasteiger partial charge in [0.1, 0.15) is 17.2 Å². The lowest BCUT2D eigenvalue weighted by Gasteiger charge is -2.40. The summed E-state index contributed by atoms with van der Waals surface area (Å²) in [7, 11) is 0. The molecule has 19 heavy (non-hydrogen) atoms. The molecular formula is C16H24FNO. The fraction of sp³-hybridized carbons (Fsp3) is 0.625. The third kappa shape index (κ3) is 3.27. The zero-order chi connectivity index (χ0) is 14.0. The van der Waals surface area contributed by atoms with E-state index in [0.29, 0.717) is 5.92 Å². The Labute approximate surface area is 115 Å². The number of rotatable bonds is 4. The van der Waals surface area contributed by atoms with Crippen LogP contribution >= 0.6 is 0 Å². The third-order valence-electron chi connectivity index (χ3n) is 3.86. The largest absolute Gasteiger partial charge is 0.487 e. The fourth-order valence-electron chi connectivity index (χ4n) is 2.51. The minimum absolute atomic E-state index is 0.167. The second-order valence-corrected chi connectivity index (χ2v) is 6.15. The molecule has 0 bridgehead atoms. The van der Waals surface area contributed by atoms with Crippen molar-refractivity contribution in [1.29, 1.82) is 0 Å². The maximum absolute atomic E-state index is 13.5. The van der Waals surface area contributed by atoms with Gasteiger partial charge in [0, 0.05) is 18.0 Å². The van der Waals surface area contributed by atoms with E-state index < -0.39 is 0 Å². The third-order valence-corrected chi connectivity index (χ3v) is 3.86. The molecule has 1 N–H and O–H groups in total. The van der Waals surface area contributed by atoms with Gasteiger partial charge in [-0.05, 0) is 44.0 Å². The molecule has 0 saturated carbocycles. The molecule has 106 valence electrons. The molecule has 1 aliphatic rings. The van der Waals surface area contributed by atoms with Crippen molar-refractivity contribution in [2.45, 2.75) is 52.2 Å². The average Bonchev–Trinajstić information content (AvgIpc) is 2.36. The Balaban J connectivity index is 2.28. The molecular weight excluding hydrogens is 241 g/mol. The van der Waals surface area contributed by atoms with Crippen LogP contribution in [0.1, 0.15) is 52.1 Å². The Hall–Kier alpha value is -1.09. The summed E-state index contributed by atoms with van der Waals surface area (Å²) in [5.41, 5.74) is 0.783. The van der Waals surface area contributed by atoms with Crippen molar-refractivity contribution in [3.05, 3.63) is 29.6 Å². The number of halogens is 1. The van der Waals surface area contributed by atoms with Crippen molar-refractivity contribution >= 4 is 0 Å². The van der Waals surface area contributed by atoms with Crippen LogP contribution in [-0.4, -0.2) is 12.1 Å². The molecule has 2 nitrogen and oxygen atoms in total. The summed E-state index contributed by atoms with van der Waals surface area (Å²) in [6.45, 7) is 9.55. The van der Waals surface area contributed by atoms with E-state index >= 15 is 0 Å². The van der Waals surface area contributed by atoms with E-state index in [9.17, 15) is 4.39 Å². The van der Waals surface area contributed by atoms with Gasteiger partial charge in [-0.2, -0.15) is 0 Å². The summed E-state index contributed by atoms with van der Waals surface area (Å²) in [5.74, 6) is 1.20. The van der Waals surface area contributed by atoms with Crippen molar-refractivity contribution < 1.29 is 9.13 Å². The molecule has 0 aliphatic carbocycles. The molecule has 2 unspecified atom stereocenters. The highest BCUT2D eigenvalue weighted by molar-refractivity contribution is 5.39. The Morgan fingerprint density at radius 1 is 1.47 bits per heavy atom. The van der Waals surface area contributed by atoms with Gasteiger partial charge in [-0.25, -0.2) is 4.39 Å². The fourth-order valence-corrected chi connectivity index (χ4v) is 2.51. The second-order valence-electron chi connectivity index (χ2n) is 6.15. The molecule has 0 saturated heterocycles. The molecule has 1 aliphatic heterocycles. The molecule has 0 radical (unpaired) electrons. The van der Waals surface area contributed by atoms with Crippen molar-refractivity contribution in [2.24, 2.45) is 5.92 Å². The van der Waals surface area contributed by atoms with Gasteiger partial charge in [0.2, 0.25) is 0 Å². The van der Waals surface area contributed by atoms with Crippen LogP contribution in [0.15, 0.2) is 18.2 Å². The zero-order valence-electron chi connectivity index (χ0n) is 12.3. The van der Waals surface area contributed by atoms with E-state index in [2.05, 4.69) is 33.0 Å². The van der Waals surface area contributed by atoms with Crippen molar-refractivity contribution in [3.63, 3.8) is 0 Å². The van der Waals surface area contributed by atoms with Gasteiger partial charge >= 0.3 is 0 Å². The summed E-state index contributed by atoms with van der Waals surface area (Å²) in [4.78, 5) is 0. The Morgan fingerprint density at radius 2 is 2.21 bits per heavy atom. The topological polar surface area (TPSA) is 21.3 Å². The maximum Gasteiger partial charge on any atom is 0.125 e. The molecule has 2 atom stereocenters. The number of nitrogens with one attached hydrogen (secondary N) is 1. The standard InChI is InChI=1S/C16H24FNO/c1-5-16(4)9-14(18-10-11(2)3)13-8-12(17)6-7-15(13)19-16/h6-8,11,14,18H,5,9-10H2,1-4H3. The van der Waals surface area contributed by atoms with Crippen LogP contribution in [0.5, 0.6) is 5.75 Å². The molecule has 2 rings (SSSR count). The van der Waals surface area contributed by atoms with Gasteiger partial charge in [0.15, 0.2) is 0 Å². The first-order chi connectivity index (χ1) is 8.93. The van der Waals surface area contributed by atoms with Gasteiger partial charge < -0.3 is 10.1 Å². The molecule has 1 aromatic rings. The van der Waals surface area contributed by atoms with E-state index in [1.54, 1.807) is 12.1 Å². The van der Waals surface area contributed by atoms with Crippen LogP contribution < -0.4 is 10.1 Å². The first-order valence-corrected chi connectivity index (χ1v) is 7.15. The van der Waals surface area contributed by atoms with Gasteiger partial charge in [-0.1, -0.05) is 20.8 Å². The average molecular weight is 265 g/mol. The first kappa shape index (κ1) is 14.3. The lowest BCUT2D eigenvalue weighted by Crippen LogP contribution is -2.42. The van der Waals surface area contributed by atoms with Gasteiger partial charge in [0.05, 0.1) is 0 Å². The van der Waals surface area contributed by atoms with Gasteiger partial charge in [-0.15, -0.1) is 0 Å². The minimum atomic E-state index is -0.196.